The summed E-state index contributed by atoms with van der Waals surface area (Å²) in [5.74, 6) is 0. The molecule has 108 valence electrons. The van der Waals surface area contributed by atoms with E-state index in [0.29, 0.717) is 5.02 Å². The SMILES string of the molecule is Nc1ccccc1-c1ccccc1N=Nc1ccc(Cl)cc1. The molecule has 0 heterocycles. The van der Waals surface area contributed by atoms with Gasteiger partial charge in [-0.15, -0.1) is 5.11 Å². The summed E-state index contributed by atoms with van der Waals surface area (Å²) in [7, 11) is 0. The number of benzene rings is 3. The van der Waals surface area contributed by atoms with Gasteiger partial charge in [-0.25, -0.2) is 0 Å². The summed E-state index contributed by atoms with van der Waals surface area (Å²) in [5.41, 5.74) is 10.2. The number of hydrogen-bond acceptors (Lipinski definition) is 3. The first-order chi connectivity index (χ1) is 10.7. The van der Waals surface area contributed by atoms with Crippen LogP contribution >= 0.6 is 11.6 Å². The third-order valence-electron chi connectivity index (χ3n) is 3.25. The van der Waals surface area contributed by atoms with Crippen LogP contribution in [0.15, 0.2) is 83.0 Å². The lowest BCUT2D eigenvalue weighted by atomic mass is 10.0. The van der Waals surface area contributed by atoms with Gasteiger partial charge in [0.05, 0.1) is 11.4 Å². The van der Waals surface area contributed by atoms with Crippen LogP contribution in [0.1, 0.15) is 0 Å². The summed E-state index contributed by atoms with van der Waals surface area (Å²) in [6.45, 7) is 0. The number of hydrogen-bond donors (Lipinski definition) is 1. The fraction of sp³-hybridized carbons (Fsp3) is 0. The molecular weight excluding hydrogens is 294 g/mol. The Morgan fingerprint density at radius 3 is 2.05 bits per heavy atom. The van der Waals surface area contributed by atoms with Gasteiger partial charge in [-0.05, 0) is 36.4 Å². The van der Waals surface area contributed by atoms with Gasteiger partial charge in [0.2, 0.25) is 0 Å². The van der Waals surface area contributed by atoms with Crippen LogP contribution in [0.4, 0.5) is 17.1 Å². The molecule has 3 aromatic rings. The van der Waals surface area contributed by atoms with Crippen LogP contribution in [0.5, 0.6) is 0 Å². The van der Waals surface area contributed by atoms with Gasteiger partial charge in [0.1, 0.15) is 0 Å². The molecular formula is C18H14ClN3. The van der Waals surface area contributed by atoms with Gasteiger partial charge in [-0.2, -0.15) is 5.11 Å². The first kappa shape index (κ1) is 14.3. The summed E-state index contributed by atoms with van der Waals surface area (Å²) in [5, 5.41) is 9.29. The van der Waals surface area contributed by atoms with Crippen molar-refractivity contribution in [3.05, 3.63) is 77.8 Å². The molecule has 0 aliphatic heterocycles. The molecule has 0 aliphatic rings. The summed E-state index contributed by atoms with van der Waals surface area (Å²) in [6, 6.07) is 22.7. The molecule has 0 aromatic heterocycles. The average Bonchev–Trinajstić information content (AvgIpc) is 2.55. The molecule has 4 heteroatoms. The molecule has 0 radical (unpaired) electrons. The second-order valence-electron chi connectivity index (χ2n) is 4.78. The van der Waals surface area contributed by atoms with Crippen molar-refractivity contribution in [1.29, 1.82) is 0 Å². The third kappa shape index (κ3) is 3.15. The monoisotopic (exact) mass is 307 g/mol. The van der Waals surface area contributed by atoms with Gasteiger partial charge in [0.15, 0.2) is 0 Å². The Morgan fingerprint density at radius 2 is 1.32 bits per heavy atom. The molecule has 3 rings (SSSR count). The van der Waals surface area contributed by atoms with Gasteiger partial charge in [-0.1, -0.05) is 48.0 Å². The maximum absolute atomic E-state index is 6.06. The van der Waals surface area contributed by atoms with Gasteiger partial charge >= 0.3 is 0 Å². The van der Waals surface area contributed by atoms with Gasteiger partial charge in [0, 0.05) is 21.8 Å². The topological polar surface area (TPSA) is 50.7 Å². The van der Waals surface area contributed by atoms with Gasteiger partial charge in [0.25, 0.3) is 0 Å². The van der Waals surface area contributed by atoms with Crippen molar-refractivity contribution in [3.63, 3.8) is 0 Å². The van der Waals surface area contributed by atoms with E-state index in [0.717, 1.165) is 28.2 Å². The fourth-order valence-corrected chi connectivity index (χ4v) is 2.28. The number of nitrogens with zero attached hydrogens (tertiary/aromatic N) is 2. The van der Waals surface area contributed by atoms with E-state index in [1.165, 1.54) is 0 Å². The summed E-state index contributed by atoms with van der Waals surface area (Å²) in [4.78, 5) is 0. The van der Waals surface area contributed by atoms with E-state index in [1.54, 1.807) is 12.1 Å². The van der Waals surface area contributed by atoms with Crippen molar-refractivity contribution in [1.82, 2.24) is 0 Å². The van der Waals surface area contributed by atoms with E-state index >= 15 is 0 Å². The number of halogens is 1. The highest BCUT2D eigenvalue weighted by Crippen LogP contribution is 2.34. The summed E-state index contributed by atoms with van der Waals surface area (Å²) in [6.07, 6.45) is 0. The van der Waals surface area contributed by atoms with E-state index < -0.39 is 0 Å². The second kappa shape index (κ2) is 6.41. The standard InChI is InChI=1S/C18H14ClN3/c19-13-9-11-14(12-10-13)21-22-18-8-4-2-6-16(18)15-5-1-3-7-17(15)20/h1-12H,20H2. The average molecular weight is 308 g/mol. The smallest absolute Gasteiger partial charge is 0.0936 e. The van der Waals surface area contributed by atoms with Gasteiger partial charge in [-0.3, -0.25) is 0 Å². The highest BCUT2D eigenvalue weighted by Gasteiger charge is 2.06. The highest BCUT2D eigenvalue weighted by molar-refractivity contribution is 6.30. The van der Waals surface area contributed by atoms with Crippen LogP contribution in [0.25, 0.3) is 11.1 Å². The van der Waals surface area contributed by atoms with E-state index in [9.17, 15) is 0 Å². The fourth-order valence-electron chi connectivity index (χ4n) is 2.15. The second-order valence-corrected chi connectivity index (χ2v) is 5.22. The molecule has 0 atom stereocenters. The first-order valence-electron chi connectivity index (χ1n) is 6.85. The number of anilines is 1. The molecule has 0 saturated carbocycles. The predicted octanol–water partition coefficient (Wildman–Crippen LogP) is 6.00. The van der Waals surface area contributed by atoms with Crippen molar-refractivity contribution < 1.29 is 0 Å². The van der Waals surface area contributed by atoms with Crippen LogP contribution in [-0.2, 0) is 0 Å². The molecule has 0 spiro atoms. The molecule has 0 fully saturated rings. The molecule has 3 nitrogen and oxygen atoms in total. The largest absolute Gasteiger partial charge is 0.398 e. The molecule has 2 N–H and O–H groups in total. The van der Waals surface area contributed by atoms with Crippen molar-refractivity contribution in [2.45, 2.75) is 0 Å². The van der Waals surface area contributed by atoms with Crippen molar-refractivity contribution in [2.24, 2.45) is 10.2 Å². The normalized spacial score (nSPS) is 11.0. The lowest BCUT2D eigenvalue weighted by Crippen LogP contribution is -1.89. The summed E-state index contributed by atoms with van der Waals surface area (Å²) >= 11 is 5.87. The lowest BCUT2D eigenvalue weighted by molar-refractivity contribution is 1.23. The zero-order valence-electron chi connectivity index (χ0n) is 11.8. The molecule has 0 bridgehead atoms. The van der Waals surface area contributed by atoms with Crippen LogP contribution in [0, 0.1) is 0 Å². The Morgan fingerprint density at radius 1 is 0.682 bits per heavy atom. The Kier molecular flexibility index (Phi) is 4.17. The first-order valence-corrected chi connectivity index (χ1v) is 7.23. The van der Waals surface area contributed by atoms with E-state index in [1.807, 2.05) is 60.7 Å². The Bertz CT molecular complexity index is 811. The van der Waals surface area contributed by atoms with Gasteiger partial charge < -0.3 is 5.73 Å². The molecule has 0 saturated heterocycles. The molecule has 0 amide bonds. The maximum atomic E-state index is 6.06. The minimum Gasteiger partial charge on any atom is -0.398 e. The lowest BCUT2D eigenvalue weighted by Gasteiger charge is -2.07. The van der Waals surface area contributed by atoms with Crippen molar-refractivity contribution in [2.75, 3.05) is 5.73 Å². The van der Waals surface area contributed by atoms with E-state index in [2.05, 4.69) is 10.2 Å². The third-order valence-corrected chi connectivity index (χ3v) is 3.51. The van der Waals surface area contributed by atoms with E-state index in [-0.39, 0.29) is 0 Å². The highest BCUT2D eigenvalue weighted by atomic mass is 35.5. The molecule has 0 aliphatic carbocycles. The number of rotatable bonds is 3. The summed E-state index contributed by atoms with van der Waals surface area (Å²) < 4.78 is 0. The van der Waals surface area contributed by atoms with Crippen LogP contribution in [0.3, 0.4) is 0 Å². The molecule has 3 aromatic carbocycles. The predicted molar refractivity (Wildman–Crippen MR) is 91.9 cm³/mol. The Labute approximate surface area is 134 Å². The van der Waals surface area contributed by atoms with Crippen LogP contribution in [-0.4, -0.2) is 0 Å². The minimum absolute atomic E-state index is 0.677. The van der Waals surface area contributed by atoms with Crippen LogP contribution in [0.2, 0.25) is 5.02 Å². The number of azo groups is 1. The number of nitrogens with two attached hydrogens (primary N) is 1. The Balaban J connectivity index is 1.98. The van der Waals surface area contributed by atoms with Crippen LogP contribution < -0.4 is 5.73 Å². The zero-order valence-corrected chi connectivity index (χ0v) is 12.5. The Hall–Kier alpha value is -2.65. The zero-order chi connectivity index (χ0) is 15.4. The quantitative estimate of drug-likeness (QED) is 0.468. The number of para-hydroxylation sites is 1. The minimum atomic E-state index is 0.677. The van der Waals surface area contributed by atoms with Crippen molar-refractivity contribution in [3.8, 4) is 11.1 Å². The van der Waals surface area contributed by atoms with E-state index in [4.69, 9.17) is 17.3 Å². The molecule has 22 heavy (non-hydrogen) atoms. The number of nitrogen functional groups attached to an aromatic ring is 1. The molecule has 0 unspecified atom stereocenters. The van der Waals surface area contributed by atoms with Crippen molar-refractivity contribution >= 4 is 28.7 Å². The maximum Gasteiger partial charge on any atom is 0.0936 e.